The molecule has 0 radical (unpaired) electrons. The van der Waals surface area contributed by atoms with Gasteiger partial charge in [0.15, 0.2) is 0 Å². The fraction of sp³-hybridized carbons (Fsp3) is 0. The zero-order valence-corrected chi connectivity index (χ0v) is 8.69. The molecular weight excluding hydrogens is 206 g/mol. The van der Waals surface area contributed by atoms with Gasteiger partial charge in [-0.25, -0.2) is 0 Å². The first-order valence-electron chi connectivity index (χ1n) is 4.62. The minimum Gasteiger partial charge on any atom is -0.251 e. The maximum absolute atomic E-state index is 4.50. The van der Waals surface area contributed by atoms with Gasteiger partial charge in [-0.05, 0) is 23.2 Å². The van der Waals surface area contributed by atoms with Crippen molar-refractivity contribution in [2.75, 3.05) is 0 Å². The average molecular weight is 214 g/mol. The van der Waals surface area contributed by atoms with E-state index in [1.807, 2.05) is 46.4 Å². The van der Waals surface area contributed by atoms with Crippen LogP contribution in [0.25, 0.3) is 16.3 Å². The molecule has 0 atom stereocenters. The first-order chi connectivity index (χ1) is 7.43. The molecule has 72 valence electrons. The van der Waals surface area contributed by atoms with Gasteiger partial charge in [0.05, 0.1) is 0 Å². The van der Waals surface area contributed by atoms with Gasteiger partial charge in [-0.1, -0.05) is 12.1 Å². The summed E-state index contributed by atoms with van der Waals surface area (Å²) < 4.78 is 2.03. The second-order valence-electron chi connectivity index (χ2n) is 3.11. The summed E-state index contributed by atoms with van der Waals surface area (Å²) in [5.41, 5.74) is 1.88. The Morgan fingerprint density at radius 2 is 2.00 bits per heavy atom. The van der Waals surface area contributed by atoms with Crippen LogP contribution in [0.3, 0.4) is 0 Å². The maximum atomic E-state index is 4.50. The Bertz CT molecular complexity index is 556. The Balaban J connectivity index is 2.21. The van der Waals surface area contributed by atoms with E-state index >= 15 is 0 Å². The molecule has 3 rings (SSSR count). The highest BCUT2D eigenvalue weighted by atomic mass is 32.1. The Labute approximate surface area is 90.8 Å². The second kappa shape index (κ2) is 3.40. The van der Waals surface area contributed by atoms with Crippen molar-refractivity contribution in [3.63, 3.8) is 0 Å². The number of nitrogens with zero attached hydrogens (tertiary/aromatic N) is 3. The lowest BCUT2D eigenvalue weighted by molar-refractivity contribution is -0.433. The van der Waals surface area contributed by atoms with Gasteiger partial charge in [-0.15, -0.1) is 3.79 Å². The normalized spacial score (nSPS) is 10.7. The Morgan fingerprint density at radius 1 is 1.07 bits per heavy atom. The van der Waals surface area contributed by atoms with Crippen molar-refractivity contribution in [3.8, 4) is 10.7 Å². The number of hydrogen-bond donors (Lipinski definition) is 0. The van der Waals surface area contributed by atoms with Gasteiger partial charge in [-0.2, -0.15) is 0 Å². The molecule has 0 aliphatic rings. The van der Waals surface area contributed by atoms with Crippen LogP contribution in [-0.4, -0.2) is 9.97 Å². The monoisotopic (exact) mass is 214 g/mol. The molecule has 0 fully saturated rings. The van der Waals surface area contributed by atoms with Gasteiger partial charge in [0.25, 0.3) is 5.01 Å². The van der Waals surface area contributed by atoms with Crippen LogP contribution in [0.4, 0.5) is 0 Å². The second-order valence-corrected chi connectivity index (χ2v) is 4.07. The van der Waals surface area contributed by atoms with E-state index in [4.69, 9.17) is 0 Å². The van der Waals surface area contributed by atoms with Crippen LogP contribution in [-0.2, 0) is 0 Å². The highest BCUT2D eigenvalue weighted by Crippen LogP contribution is 2.17. The lowest BCUT2D eigenvalue weighted by Gasteiger charge is -1.85. The van der Waals surface area contributed by atoms with Crippen molar-refractivity contribution < 1.29 is 3.79 Å². The van der Waals surface area contributed by atoms with Crippen molar-refractivity contribution in [1.82, 2.24) is 9.97 Å². The predicted octanol–water partition coefficient (Wildman–Crippen LogP) is 1.94. The van der Waals surface area contributed by atoms with Crippen LogP contribution in [0.2, 0.25) is 0 Å². The van der Waals surface area contributed by atoms with Gasteiger partial charge in [0, 0.05) is 12.3 Å². The predicted molar refractivity (Wildman–Crippen MR) is 58.5 cm³/mol. The van der Waals surface area contributed by atoms with Gasteiger partial charge in [0.1, 0.15) is 23.4 Å². The highest BCUT2D eigenvalue weighted by molar-refractivity contribution is 7.05. The van der Waals surface area contributed by atoms with Gasteiger partial charge in [0.2, 0.25) is 0 Å². The topological polar surface area (TPSA) is 29.9 Å². The fourth-order valence-electron chi connectivity index (χ4n) is 1.39. The third kappa shape index (κ3) is 1.49. The highest BCUT2D eigenvalue weighted by Gasteiger charge is 2.15. The summed E-state index contributed by atoms with van der Waals surface area (Å²) in [5.74, 6) is 0. The fourth-order valence-corrected chi connectivity index (χ4v) is 2.26. The summed E-state index contributed by atoms with van der Waals surface area (Å²) in [4.78, 5) is 8.78. The molecule has 0 aliphatic heterocycles. The molecule has 0 amide bonds. The van der Waals surface area contributed by atoms with Gasteiger partial charge < -0.3 is 0 Å². The molecular formula is C11H8N3S+. The van der Waals surface area contributed by atoms with E-state index in [0.29, 0.717) is 0 Å². The quantitative estimate of drug-likeness (QED) is 0.579. The molecule has 0 saturated carbocycles. The number of aromatic nitrogens is 3. The molecule has 3 aromatic rings. The third-order valence-electron chi connectivity index (χ3n) is 2.09. The summed E-state index contributed by atoms with van der Waals surface area (Å²) in [6, 6.07) is 11.8. The third-order valence-corrected chi connectivity index (χ3v) is 3.07. The Morgan fingerprint density at radius 3 is 2.80 bits per heavy atom. The van der Waals surface area contributed by atoms with Crippen molar-refractivity contribution in [2.45, 2.75) is 0 Å². The number of fused-ring (bicyclic) bond motifs is 1. The van der Waals surface area contributed by atoms with Gasteiger partial charge >= 0.3 is 5.65 Å². The summed E-state index contributed by atoms with van der Waals surface area (Å²) in [5, 5.41) is 0.946. The Kier molecular flexibility index (Phi) is 1.93. The van der Waals surface area contributed by atoms with Crippen LogP contribution >= 0.6 is 11.5 Å². The summed E-state index contributed by atoms with van der Waals surface area (Å²) in [6.07, 6.45) is 3.78. The average Bonchev–Trinajstić information content (AvgIpc) is 2.74. The molecule has 0 saturated heterocycles. The van der Waals surface area contributed by atoms with Gasteiger partial charge in [-0.3, -0.25) is 4.98 Å². The molecule has 0 aliphatic carbocycles. The molecule has 15 heavy (non-hydrogen) atoms. The van der Waals surface area contributed by atoms with Crippen LogP contribution in [0.1, 0.15) is 0 Å². The molecule has 3 heterocycles. The SMILES string of the molecule is c1ccc(-c2nc3cccc[n+]3s2)nc1. The van der Waals surface area contributed by atoms with Crippen molar-refractivity contribution in [1.29, 1.82) is 0 Å². The van der Waals surface area contributed by atoms with Crippen LogP contribution in [0.15, 0.2) is 48.8 Å². The van der Waals surface area contributed by atoms with E-state index in [2.05, 4.69) is 9.97 Å². The molecule has 3 aromatic heterocycles. The lowest BCUT2D eigenvalue weighted by atomic mass is 10.4. The molecule has 0 bridgehead atoms. The maximum Gasteiger partial charge on any atom is 0.340 e. The zero-order valence-electron chi connectivity index (χ0n) is 7.87. The molecule has 0 aromatic carbocycles. The van der Waals surface area contributed by atoms with E-state index in [1.165, 1.54) is 0 Å². The minimum absolute atomic E-state index is 0.922. The zero-order chi connectivity index (χ0) is 10.1. The van der Waals surface area contributed by atoms with E-state index < -0.39 is 0 Å². The van der Waals surface area contributed by atoms with Crippen molar-refractivity contribution in [2.24, 2.45) is 0 Å². The lowest BCUT2D eigenvalue weighted by Crippen LogP contribution is -2.12. The van der Waals surface area contributed by atoms with Crippen molar-refractivity contribution >= 4 is 17.2 Å². The first kappa shape index (κ1) is 8.49. The van der Waals surface area contributed by atoms with E-state index in [0.717, 1.165) is 16.3 Å². The number of rotatable bonds is 1. The number of pyridine rings is 2. The van der Waals surface area contributed by atoms with E-state index in [9.17, 15) is 0 Å². The smallest absolute Gasteiger partial charge is 0.251 e. The molecule has 4 heteroatoms. The summed E-state index contributed by atoms with van der Waals surface area (Å²) in [7, 11) is 0. The Hall–Kier alpha value is -1.81. The van der Waals surface area contributed by atoms with E-state index in [1.54, 1.807) is 17.7 Å². The van der Waals surface area contributed by atoms with Crippen molar-refractivity contribution in [3.05, 3.63) is 48.8 Å². The summed E-state index contributed by atoms with van der Waals surface area (Å²) >= 11 is 1.59. The molecule has 3 nitrogen and oxygen atoms in total. The molecule has 0 spiro atoms. The first-order valence-corrected chi connectivity index (χ1v) is 5.40. The van der Waals surface area contributed by atoms with Crippen LogP contribution < -0.4 is 3.79 Å². The summed E-state index contributed by atoms with van der Waals surface area (Å²) in [6.45, 7) is 0. The van der Waals surface area contributed by atoms with Crippen LogP contribution in [0.5, 0.6) is 0 Å². The molecule has 0 N–H and O–H groups in total. The van der Waals surface area contributed by atoms with E-state index in [-0.39, 0.29) is 0 Å². The minimum atomic E-state index is 0.922. The number of hydrogen-bond acceptors (Lipinski definition) is 3. The molecule has 0 unspecified atom stereocenters. The largest absolute Gasteiger partial charge is 0.340 e. The standard InChI is InChI=1S/C11H8N3S/c1-3-7-12-9(5-1)11-13-10-6-2-4-8-14(10)15-11/h1-8H/q+1. The van der Waals surface area contributed by atoms with Crippen LogP contribution in [0, 0.1) is 0 Å².